The number of halogens is 1. The topological polar surface area (TPSA) is 22.1 Å². The van der Waals surface area contributed by atoms with Crippen LogP contribution >= 0.6 is 15.9 Å². The number of aromatic nitrogens is 1. The predicted octanol–water partition coefficient (Wildman–Crippen LogP) is 4.81. The molecule has 0 radical (unpaired) electrons. The molecule has 0 spiro atoms. The van der Waals surface area contributed by atoms with E-state index in [1.165, 1.54) is 0 Å². The van der Waals surface area contributed by atoms with Crippen molar-refractivity contribution in [2.45, 2.75) is 26.7 Å². The van der Waals surface area contributed by atoms with Gasteiger partial charge in [-0.3, -0.25) is 4.98 Å². The normalized spacial score (nSPS) is 11.7. The third-order valence-electron chi connectivity index (χ3n) is 3.92. The fraction of sp³-hybridized carbons (Fsp3) is 0.438. The molecule has 0 N–H and O–H groups in total. The second-order valence-electron chi connectivity index (χ2n) is 4.96. The van der Waals surface area contributed by atoms with Crippen molar-refractivity contribution in [1.82, 2.24) is 4.98 Å². The average molecular weight is 322 g/mol. The minimum atomic E-state index is 0.213. The number of rotatable bonds is 6. The fourth-order valence-electron chi connectivity index (χ4n) is 2.11. The van der Waals surface area contributed by atoms with E-state index in [4.69, 9.17) is 4.74 Å². The molecule has 0 aliphatic heterocycles. The van der Waals surface area contributed by atoms with Gasteiger partial charge in [0.2, 0.25) is 0 Å². The maximum atomic E-state index is 6.09. The number of alkyl halides is 1. The first-order valence-electron chi connectivity index (χ1n) is 6.77. The number of fused-ring (bicyclic) bond motifs is 1. The van der Waals surface area contributed by atoms with Gasteiger partial charge in [0, 0.05) is 22.3 Å². The molecule has 0 aliphatic carbocycles. The van der Waals surface area contributed by atoms with Gasteiger partial charge in [-0.2, -0.15) is 0 Å². The fourth-order valence-corrected chi connectivity index (χ4v) is 3.07. The summed E-state index contributed by atoms with van der Waals surface area (Å²) in [5.74, 6) is 0.929. The Balaban J connectivity index is 2.22. The molecule has 1 aromatic heterocycles. The Morgan fingerprint density at radius 1 is 1.16 bits per heavy atom. The van der Waals surface area contributed by atoms with Gasteiger partial charge in [0.15, 0.2) is 0 Å². The molecule has 0 aliphatic rings. The number of hydrogen-bond donors (Lipinski definition) is 0. The lowest BCUT2D eigenvalue weighted by Crippen LogP contribution is -2.29. The van der Waals surface area contributed by atoms with Gasteiger partial charge >= 0.3 is 0 Å². The Morgan fingerprint density at radius 3 is 2.63 bits per heavy atom. The maximum Gasteiger partial charge on any atom is 0.128 e. The Bertz CT molecular complexity index is 524. The van der Waals surface area contributed by atoms with Gasteiger partial charge in [-0.15, -0.1) is 0 Å². The van der Waals surface area contributed by atoms with Crippen molar-refractivity contribution in [3.8, 4) is 5.75 Å². The van der Waals surface area contributed by atoms with Crippen molar-refractivity contribution in [1.29, 1.82) is 0 Å². The molecule has 0 bridgehead atoms. The summed E-state index contributed by atoms with van der Waals surface area (Å²) in [6.45, 7) is 5.18. The number of hydrogen-bond acceptors (Lipinski definition) is 2. The molecule has 0 atom stereocenters. The summed E-state index contributed by atoms with van der Waals surface area (Å²) in [5.41, 5.74) is 1.20. The molecule has 3 heteroatoms. The van der Waals surface area contributed by atoms with Crippen molar-refractivity contribution in [2.75, 3.05) is 11.9 Å². The monoisotopic (exact) mass is 321 g/mol. The summed E-state index contributed by atoms with van der Waals surface area (Å²) in [7, 11) is 0. The van der Waals surface area contributed by atoms with Crippen molar-refractivity contribution < 1.29 is 4.74 Å². The van der Waals surface area contributed by atoms with Gasteiger partial charge in [-0.25, -0.2) is 0 Å². The van der Waals surface area contributed by atoms with E-state index in [0.717, 1.165) is 41.4 Å². The van der Waals surface area contributed by atoms with E-state index < -0.39 is 0 Å². The summed E-state index contributed by atoms with van der Waals surface area (Å²) < 4.78 is 6.09. The van der Waals surface area contributed by atoms with Gasteiger partial charge < -0.3 is 4.74 Å². The van der Waals surface area contributed by atoms with Gasteiger partial charge in [-0.1, -0.05) is 35.8 Å². The summed E-state index contributed by atoms with van der Waals surface area (Å²) in [4.78, 5) is 4.36. The highest BCUT2D eigenvalue weighted by Crippen LogP contribution is 2.31. The van der Waals surface area contributed by atoms with Gasteiger partial charge in [0.05, 0.1) is 12.1 Å². The molecule has 2 rings (SSSR count). The summed E-state index contributed by atoms with van der Waals surface area (Å²) >= 11 is 3.62. The quantitative estimate of drug-likeness (QED) is 0.712. The summed E-state index contributed by atoms with van der Waals surface area (Å²) in [6, 6.07) is 10.0. The van der Waals surface area contributed by atoms with Crippen LogP contribution in [0.3, 0.4) is 0 Å². The van der Waals surface area contributed by atoms with Crippen LogP contribution in [0.15, 0.2) is 36.5 Å². The zero-order chi connectivity index (χ0) is 13.7. The first-order chi connectivity index (χ1) is 9.24. The minimum Gasteiger partial charge on any atom is -0.492 e. The van der Waals surface area contributed by atoms with Gasteiger partial charge in [0.25, 0.3) is 0 Å². The minimum absolute atomic E-state index is 0.213. The van der Waals surface area contributed by atoms with E-state index in [9.17, 15) is 0 Å². The van der Waals surface area contributed by atoms with Crippen LogP contribution in [0.1, 0.15) is 26.7 Å². The van der Waals surface area contributed by atoms with Crippen molar-refractivity contribution in [2.24, 2.45) is 5.41 Å². The zero-order valence-corrected chi connectivity index (χ0v) is 13.1. The molecular formula is C16H20BrNO. The SMILES string of the molecule is CCC(CC)(CBr)COc1cccc2ncccc12. The van der Waals surface area contributed by atoms with Gasteiger partial charge in [0.1, 0.15) is 5.75 Å². The first kappa shape index (κ1) is 14.3. The molecule has 2 aromatic rings. The Kier molecular flexibility index (Phi) is 4.81. The molecule has 0 saturated carbocycles. The van der Waals surface area contributed by atoms with E-state index in [1.807, 2.05) is 30.5 Å². The standard InChI is InChI=1S/C16H20BrNO/c1-3-16(4-2,11-17)12-19-15-9-5-8-14-13(15)7-6-10-18-14/h5-10H,3-4,11-12H2,1-2H3. The molecule has 19 heavy (non-hydrogen) atoms. The van der Waals surface area contributed by atoms with Crippen LogP contribution in [0.25, 0.3) is 10.9 Å². The van der Waals surface area contributed by atoms with E-state index in [0.29, 0.717) is 0 Å². The van der Waals surface area contributed by atoms with Crippen LogP contribution in [0.4, 0.5) is 0 Å². The van der Waals surface area contributed by atoms with Crippen molar-refractivity contribution >= 4 is 26.8 Å². The second kappa shape index (κ2) is 6.38. The highest BCUT2D eigenvalue weighted by Gasteiger charge is 2.26. The average Bonchev–Trinajstić information content (AvgIpc) is 2.49. The van der Waals surface area contributed by atoms with Crippen LogP contribution in [0.5, 0.6) is 5.75 Å². The van der Waals surface area contributed by atoms with Crippen LogP contribution < -0.4 is 4.74 Å². The molecule has 0 fully saturated rings. The lowest BCUT2D eigenvalue weighted by atomic mass is 9.86. The lowest BCUT2D eigenvalue weighted by Gasteiger charge is -2.29. The van der Waals surface area contributed by atoms with E-state index in [1.54, 1.807) is 0 Å². The molecule has 2 nitrogen and oxygen atoms in total. The molecule has 0 unspecified atom stereocenters. The molecule has 0 saturated heterocycles. The maximum absolute atomic E-state index is 6.09. The van der Waals surface area contributed by atoms with Crippen LogP contribution in [-0.4, -0.2) is 16.9 Å². The lowest BCUT2D eigenvalue weighted by molar-refractivity contribution is 0.159. The summed E-state index contributed by atoms with van der Waals surface area (Å²) in [6.07, 6.45) is 4.03. The van der Waals surface area contributed by atoms with E-state index in [2.05, 4.69) is 40.8 Å². The smallest absolute Gasteiger partial charge is 0.128 e. The van der Waals surface area contributed by atoms with Crippen LogP contribution in [0.2, 0.25) is 0 Å². The Labute approximate surface area is 123 Å². The van der Waals surface area contributed by atoms with E-state index in [-0.39, 0.29) is 5.41 Å². The number of ether oxygens (including phenoxy) is 1. The van der Waals surface area contributed by atoms with E-state index >= 15 is 0 Å². The molecule has 1 aromatic carbocycles. The first-order valence-corrected chi connectivity index (χ1v) is 7.89. The molecule has 102 valence electrons. The number of benzene rings is 1. The second-order valence-corrected chi connectivity index (χ2v) is 5.52. The predicted molar refractivity (Wildman–Crippen MR) is 84.0 cm³/mol. The highest BCUT2D eigenvalue weighted by atomic mass is 79.9. The molecule has 1 heterocycles. The van der Waals surface area contributed by atoms with Crippen LogP contribution in [-0.2, 0) is 0 Å². The third-order valence-corrected chi connectivity index (χ3v) is 5.11. The van der Waals surface area contributed by atoms with Crippen molar-refractivity contribution in [3.63, 3.8) is 0 Å². The largest absolute Gasteiger partial charge is 0.492 e. The van der Waals surface area contributed by atoms with Crippen LogP contribution in [0, 0.1) is 5.41 Å². The molecular weight excluding hydrogens is 302 g/mol. The molecule has 0 amide bonds. The zero-order valence-electron chi connectivity index (χ0n) is 11.5. The van der Waals surface area contributed by atoms with Gasteiger partial charge in [-0.05, 0) is 37.1 Å². The third kappa shape index (κ3) is 3.08. The number of pyridine rings is 1. The Morgan fingerprint density at radius 2 is 1.95 bits per heavy atom. The Hall–Kier alpha value is -1.09. The number of nitrogens with zero attached hydrogens (tertiary/aromatic N) is 1. The van der Waals surface area contributed by atoms with Crippen molar-refractivity contribution in [3.05, 3.63) is 36.5 Å². The highest BCUT2D eigenvalue weighted by molar-refractivity contribution is 9.09. The summed E-state index contributed by atoms with van der Waals surface area (Å²) in [5, 5.41) is 2.05.